The van der Waals surface area contributed by atoms with Crippen molar-refractivity contribution >= 4 is 33.0 Å². The quantitative estimate of drug-likeness (QED) is 0.491. The van der Waals surface area contributed by atoms with Gasteiger partial charge in [-0.3, -0.25) is 4.98 Å². The summed E-state index contributed by atoms with van der Waals surface area (Å²) in [6.07, 6.45) is 2.60. The SMILES string of the molecule is ON=Cc1c(F)cc(Br)c2cccnc12. The molecule has 2 rings (SSSR count). The maximum Gasteiger partial charge on any atom is 0.135 e. The molecule has 1 aromatic heterocycles. The van der Waals surface area contributed by atoms with Crippen LogP contribution in [0.4, 0.5) is 4.39 Å². The maximum absolute atomic E-state index is 13.5. The van der Waals surface area contributed by atoms with Crippen LogP contribution in [0.15, 0.2) is 34.0 Å². The molecule has 0 amide bonds. The Balaban J connectivity index is 2.89. The largest absolute Gasteiger partial charge is 0.411 e. The molecule has 0 atom stereocenters. The minimum Gasteiger partial charge on any atom is -0.411 e. The van der Waals surface area contributed by atoms with Gasteiger partial charge < -0.3 is 5.21 Å². The Morgan fingerprint density at radius 3 is 3.07 bits per heavy atom. The van der Waals surface area contributed by atoms with Crippen LogP contribution in [-0.2, 0) is 0 Å². The fourth-order valence-corrected chi connectivity index (χ4v) is 1.89. The second-order valence-electron chi connectivity index (χ2n) is 2.90. The number of nitrogens with zero attached hydrogens (tertiary/aromatic N) is 2. The minimum atomic E-state index is -0.481. The number of hydrogen-bond donors (Lipinski definition) is 1. The van der Waals surface area contributed by atoms with Crippen LogP contribution in [0.5, 0.6) is 0 Å². The number of rotatable bonds is 1. The zero-order chi connectivity index (χ0) is 10.8. The summed E-state index contributed by atoms with van der Waals surface area (Å²) in [5.74, 6) is -0.481. The van der Waals surface area contributed by atoms with Crippen LogP contribution in [0.1, 0.15) is 5.56 Å². The monoisotopic (exact) mass is 268 g/mol. The predicted molar refractivity (Wildman–Crippen MR) is 58.8 cm³/mol. The Bertz CT molecular complexity index is 542. The first-order valence-corrected chi connectivity index (χ1v) is 4.93. The summed E-state index contributed by atoms with van der Waals surface area (Å²) in [5, 5.41) is 12.0. The van der Waals surface area contributed by atoms with E-state index in [1.165, 1.54) is 6.07 Å². The number of benzene rings is 1. The molecule has 0 spiro atoms. The fraction of sp³-hybridized carbons (Fsp3) is 0. The maximum atomic E-state index is 13.5. The molecule has 1 aromatic carbocycles. The molecule has 5 heteroatoms. The average molecular weight is 269 g/mol. The molecule has 0 unspecified atom stereocenters. The van der Waals surface area contributed by atoms with E-state index in [9.17, 15) is 4.39 Å². The van der Waals surface area contributed by atoms with E-state index in [-0.39, 0.29) is 5.56 Å². The van der Waals surface area contributed by atoms with E-state index < -0.39 is 5.82 Å². The van der Waals surface area contributed by atoms with Gasteiger partial charge >= 0.3 is 0 Å². The highest BCUT2D eigenvalue weighted by Crippen LogP contribution is 2.26. The second-order valence-corrected chi connectivity index (χ2v) is 3.75. The summed E-state index contributed by atoms with van der Waals surface area (Å²) >= 11 is 3.25. The molecule has 2 aromatic rings. The van der Waals surface area contributed by atoms with Gasteiger partial charge in [0.05, 0.1) is 17.3 Å². The molecular formula is C10H6BrFN2O. The van der Waals surface area contributed by atoms with E-state index in [0.29, 0.717) is 9.99 Å². The standard InChI is InChI=1S/C10H6BrFN2O/c11-8-4-9(12)7(5-14-15)10-6(8)2-1-3-13-10/h1-5,15H. The van der Waals surface area contributed by atoms with Gasteiger partial charge in [0.25, 0.3) is 0 Å². The Labute approximate surface area is 93.4 Å². The summed E-state index contributed by atoms with van der Waals surface area (Å²) in [7, 11) is 0. The van der Waals surface area contributed by atoms with E-state index in [1.807, 2.05) is 0 Å². The van der Waals surface area contributed by atoms with Crippen molar-refractivity contribution < 1.29 is 9.60 Å². The average Bonchev–Trinajstić information content (AvgIpc) is 2.24. The molecule has 1 heterocycles. The normalized spacial score (nSPS) is 11.3. The molecule has 0 saturated carbocycles. The fourth-order valence-electron chi connectivity index (χ4n) is 1.37. The summed E-state index contributed by atoms with van der Waals surface area (Å²) in [6, 6.07) is 4.88. The van der Waals surface area contributed by atoms with E-state index in [0.717, 1.165) is 11.6 Å². The van der Waals surface area contributed by atoms with Crippen molar-refractivity contribution in [2.75, 3.05) is 0 Å². The van der Waals surface area contributed by atoms with Crippen molar-refractivity contribution in [1.29, 1.82) is 0 Å². The molecule has 76 valence electrons. The van der Waals surface area contributed by atoms with Crippen LogP contribution >= 0.6 is 15.9 Å². The molecular weight excluding hydrogens is 263 g/mol. The third-order valence-electron chi connectivity index (χ3n) is 2.02. The van der Waals surface area contributed by atoms with Crippen molar-refractivity contribution in [2.45, 2.75) is 0 Å². The molecule has 0 aliphatic carbocycles. The van der Waals surface area contributed by atoms with Crippen LogP contribution in [0.2, 0.25) is 0 Å². The first-order valence-electron chi connectivity index (χ1n) is 4.14. The van der Waals surface area contributed by atoms with Crippen molar-refractivity contribution in [2.24, 2.45) is 5.16 Å². The van der Waals surface area contributed by atoms with E-state index in [1.54, 1.807) is 18.3 Å². The lowest BCUT2D eigenvalue weighted by molar-refractivity contribution is 0.321. The van der Waals surface area contributed by atoms with Crippen molar-refractivity contribution in [3.63, 3.8) is 0 Å². The highest BCUT2D eigenvalue weighted by atomic mass is 79.9. The van der Waals surface area contributed by atoms with Crippen LogP contribution in [0, 0.1) is 5.82 Å². The summed E-state index contributed by atoms with van der Waals surface area (Å²) in [5.41, 5.74) is 0.637. The van der Waals surface area contributed by atoms with Gasteiger partial charge in [0.15, 0.2) is 0 Å². The number of hydrogen-bond acceptors (Lipinski definition) is 3. The second kappa shape index (κ2) is 3.94. The lowest BCUT2D eigenvalue weighted by Gasteiger charge is -2.04. The van der Waals surface area contributed by atoms with Crippen LogP contribution in [0.25, 0.3) is 10.9 Å². The van der Waals surface area contributed by atoms with Crippen molar-refractivity contribution in [3.05, 3.63) is 40.2 Å². The van der Waals surface area contributed by atoms with Crippen LogP contribution in [-0.4, -0.2) is 16.4 Å². The third-order valence-corrected chi connectivity index (χ3v) is 2.67. The number of aromatic nitrogens is 1. The molecule has 3 nitrogen and oxygen atoms in total. The zero-order valence-corrected chi connectivity index (χ0v) is 9.07. The molecule has 0 bridgehead atoms. The highest BCUT2D eigenvalue weighted by molar-refractivity contribution is 9.10. The summed E-state index contributed by atoms with van der Waals surface area (Å²) in [4.78, 5) is 4.05. The molecule has 0 aliphatic heterocycles. The molecule has 0 fully saturated rings. The molecule has 0 aliphatic rings. The van der Waals surface area contributed by atoms with Gasteiger partial charge in [-0.1, -0.05) is 11.2 Å². The van der Waals surface area contributed by atoms with Gasteiger partial charge in [0.1, 0.15) is 5.82 Å². The van der Waals surface area contributed by atoms with E-state index >= 15 is 0 Å². The third kappa shape index (κ3) is 1.70. The number of halogens is 2. The lowest BCUT2D eigenvalue weighted by atomic mass is 10.1. The van der Waals surface area contributed by atoms with Gasteiger partial charge in [-0.25, -0.2) is 4.39 Å². The molecule has 15 heavy (non-hydrogen) atoms. The topological polar surface area (TPSA) is 45.5 Å². The molecule has 0 saturated heterocycles. The van der Waals surface area contributed by atoms with Crippen molar-refractivity contribution in [1.82, 2.24) is 4.98 Å². The van der Waals surface area contributed by atoms with Crippen LogP contribution in [0.3, 0.4) is 0 Å². The molecule has 0 radical (unpaired) electrons. The lowest BCUT2D eigenvalue weighted by Crippen LogP contribution is -1.93. The highest BCUT2D eigenvalue weighted by Gasteiger charge is 2.10. The Morgan fingerprint density at radius 1 is 1.53 bits per heavy atom. The first-order chi connectivity index (χ1) is 7.24. The Morgan fingerprint density at radius 2 is 2.33 bits per heavy atom. The Kier molecular flexibility index (Phi) is 2.64. The van der Waals surface area contributed by atoms with Gasteiger partial charge in [-0.15, -0.1) is 0 Å². The van der Waals surface area contributed by atoms with Crippen molar-refractivity contribution in [3.8, 4) is 0 Å². The predicted octanol–water partition coefficient (Wildman–Crippen LogP) is 2.94. The summed E-state index contributed by atoms with van der Waals surface area (Å²) < 4.78 is 14.1. The zero-order valence-electron chi connectivity index (χ0n) is 7.48. The number of oxime groups is 1. The van der Waals surface area contributed by atoms with Gasteiger partial charge in [-0.2, -0.15) is 0 Å². The van der Waals surface area contributed by atoms with Gasteiger partial charge in [0, 0.05) is 16.1 Å². The molecule has 1 N–H and O–H groups in total. The smallest absolute Gasteiger partial charge is 0.135 e. The van der Waals surface area contributed by atoms with E-state index in [2.05, 4.69) is 26.1 Å². The number of fused-ring (bicyclic) bond motifs is 1. The van der Waals surface area contributed by atoms with E-state index in [4.69, 9.17) is 5.21 Å². The van der Waals surface area contributed by atoms with Gasteiger partial charge in [-0.05, 0) is 28.1 Å². The minimum absolute atomic E-state index is 0.177. The van der Waals surface area contributed by atoms with Crippen LogP contribution < -0.4 is 0 Å². The Hall–Kier alpha value is -1.49. The first kappa shape index (κ1) is 10.0. The summed E-state index contributed by atoms with van der Waals surface area (Å²) in [6.45, 7) is 0. The van der Waals surface area contributed by atoms with Gasteiger partial charge in [0.2, 0.25) is 0 Å². The number of pyridine rings is 1.